The zero-order valence-corrected chi connectivity index (χ0v) is 13.3. The molecule has 1 fully saturated rings. The number of alkyl halides is 3. The maximum Gasteiger partial charge on any atom is 0.439 e. The Balaban J connectivity index is 1.90. The maximum atomic E-state index is 13.6. The lowest BCUT2D eigenvalue weighted by molar-refractivity contribution is -0.317. The van der Waals surface area contributed by atoms with E-state index < -0.39 is 23.7 Å². The summed E-state index contributed by atoms with van der Waals surface area (Å²) in [5, 5.41) is 14.6. The molecule has 24 heavy (non-hydrogen) atoms. The van der Waals surface area contributed by atoms with Gasteiger partial charge in [0.1, 0.15) is 0 Å². The standard InChI is InChI=1S/C17H19F3N2O2/c1-11-6-8-12(9-7-11)10-15(23)22-16(24,17(18,19)20)13-4-2-3-5-14(13)21-22/h6-9,13,24H,2-5,10H2,1H3/t13-,16-/m1/s1. The Morgan fingerprint density at radius 1 is 1.33 bits per heavy atom. The van der Waals surface area contributed by atoms with Gasteiger partial charge >= 0.3 is 6.18 Å². The number of aliphatic hydroxyl groups is 1. The predicted molar refractivity (Wildman–Crippen MR) is 82.1 cm³/mol. The van der Waals surface area contributed by atoms with Crippen LogP contribution in [0.1, 0.15) is 36.8 Å². The number of hydrazone groups is 1. The Kier molecular flexibility index (Phi) is 4.15. The number of halogens is 3. The zero-order chi connectivity index (χ0) is 17.5. The molecule has 0 spiro atoms. The molecule has 0 saturated heterocycles. The van der Waals surface area contributed by atoms with Crippen molar-refractivity contribution >= 4 is 11.6 Å². The number of fused-ring (bicyclic) bond motifs is 1. The molecule has 1 heterocycles. The number of hydrogen-bond acceptors (Lipinski definition) is 3. The van der Waals surface area contributed by atoms with E-state index in [9.17, 15) is 23.1 Å². The maximum absolute atomic E-state index is 13.6. The first kappa shape index (κ1) is 17.0. The molecule has 7 heteroatoms. The van der Waals surface area contributed by atoms with E-state index in [1.807, 2.05) is 6.92 Å². The van der Waals surface area contributed by atoms with Crippen LogP contribution in [-0.2, 0) is 11.2 Å². The second kappa shape index (κ2) is 5.88. The number of aryl methyl sites for hydroxylation is 1. The fourth-order valence-electron chi connectivity index (χ4n) is 3.42. The van der Waals surface area contributed by atoms with Crippen molar-refractivity contribution in [2.75, 3.05) is 0 Å². The molecular formula is C17H19F3N2O2. The van der Waals surface area contributed by atoms with Crippen LogP contribution >= 0.6 is 0 Å². The molecule has 3 rings (SSSR count). The third-order valence-corrected chi connectivity index (χ3v) is 4.74. The topological polar surface area (TPSA) is 52.9 Å². The van der Waals surface area contributed by atoms with E-state index in [1.165, 1.54) is 0 Å². The number of carbonyl (C=O) groups excluding carboxylic acids is 1. The van der Waals surface area contributed by atoms with Crippen LogP contribution < -0.4 is 0 Å². The molecule has 1 aliphatic heterocycles. The second-order valence-electron chi connectivity index (χ2n) is 6.48. The minimum Gasteiger partial charge on any atom is -0.362 e. The van der Waals surface area contributed by atoms with Gasteiger partial charge in [0.15, 0.2) is 0 Å². The molecule has 2 aliphatic rings. The monoisotopic (exact) mass is 340 g/mol. The highest BCUT2D eigenvalue weighted by atomic mass is 19.4. The van der Waals surface area contributed by atoms with Gasteiger partial charge in [0.25, 0.3) is 5.72 Å². The van der Waals surface area contributed by atoms with Crippen molar-refractivity contribution in [3.05, 3.63) is 35.4 Å². The van der Waals surface area contributed by atoms with Gasteiger partial charge in [0.2, 0.25) is 5.91 Å². The molecule has 1 N–H and O–H groups in total. The van der Waals surface area contributed by atoms with Crippen molar-refractivity contribution in [1.82, 2.24) is 5.01 Å². The molecule has 2 atom stereocenters. The van der Waals surface area contributed by atoms with Gasteiger partial charge in [-0.25, -0.2) is 0 Å². The Morgan fingerprint density at radius 3 is 2.62 bits per heavy atom. The molecule has 1 amide bonds. The lowest BCUT2D eigenvalue weighted by Gasteiger charge is -2.38. The molecule has 0 unspecified atom stereocenters. The Morgan fingerprint density at radius 2 is 2.00 bits per heavy atom. The van der Waals surface area contributed by atoms with E-state index in [-0.39, 0.29) is 23.6 Å². The van der Waals surface area contributed by atoms with E-state index in [2.05, 4.69) is 5.10 Å². The lowest BCUT2D eigenvalue weighted by atomic mass is 9.80. The first-order chi connectivity index (χ1) is 11.2. The summed E-state index contributed by atoms with van der Waals surface area (Å²) in [5.41, 5.74) is -1.38. The third kappa shape index (κ3) is 2.70. The second-order valence-corrected chi connectivity index (χ2v) is 6.48. The van der Waals surface area contributed by atoms with Gasteiger partial charge in [0, 0.05) is 5.71 Å². The average molecular weight is 340 g/mol. The van der Waals surface area contributed by atoms with Crippen LogP contribution in [0.4, 0.5) is 13.2 Å². The van der Waals surface area contributed by atoms with Gasteiger partial charge in [-0.2, -0.15) is 23.3 Å². The number of amides is 1. The third-order valence-electron chi connectivity index (χ3n) is 4.74. The summed E-state index contributed by atoms with van der Waals surface area (Å²) < 4.78 is 40.8. The van der Waals surface area contributed by atoms with Gasteiger partial charge in [-0.1, -0.05) is 36.2 Å². The zero-order valence-electron chi connectivity index (χ0n) is 13.3. The quantitative estimate of drug-likeness (QED) is 0.899. The molecule has 4 nitrogen and oxygen atoms in total. The van der Waals surface area contributed by atoms with Crippen molar-refractivity contribution in [3.63, 3.8) is 0 Å². The van der Waals surface area contributed by atoms with Crippen LogP contribution in [0.2, 0.25) is 0 Å². The van der Waals surface area contributed by atoms with Crippen LogP contribution in [0.25, 0.3) is 0 Å². The van der Waals surface area contributed by atoms with Gasteiger partial charge in [-0.05, 0) is 31.7 Å². The Labute approximate surface area is 138 Å². The fraction of sp³-hybridized carbons (Fsp3) is 0.529. The smallest absolute Gasteiger partial charge is 0.362 e. The lowest BCUT2D eigenvalue weighted by Crippen LogP contribution is -2.61. The van der Waals surface area contributed by atoms with Crippen LogP contribution in [0.5, 0.6) is 0 Å². The van der Waals surface area contributed by atoms with Crippen molar-refractivity contribution in [3.8, 4) is 0 Å². The van der Waals surface area contributed by atoms with Gasteiger partial charge in [0.05, 0.1) is 12.3 Å². The van der Waals surface area contributed by atoms with Crippen LogP contribution in [0, 0.1) is 12.8 Å². The Hall–Kier alpha value is -1.89. The normalized spacial score (nSPS) is 27.0. The summed E-state index contributed by atoms with van der Waals surface area (Å²) in [6, 6.07) is 6.95. The van der Waals surface area contributed by atoms with E-state index in [4.69, 9.17) is 0 Å². The number of rotatable bonds is 2. The molecule has 1 aromatic rings. The first-order valence-electron chi connectivity index (χ1n) is 7.98. The summed E-state index contributed by atoms with van der Waals surface area (Å²) in [6.07, 6.45) is -3.31. The summed E-state index contributed by atoms with van der Waals surface area (Å²) in [5.74, 6) is -2.01. The average Bonchev–Trinajstić information content (AvgIpc) is 2.84. The highest BCUT2D eigenvalue weighted by Crippen LogP contribution is 2.48. The van der Waals surface area contributed by atoms with E-state index in [0.29, 0.717) is 18.4 Å². The summed E-state index contributed by atoms with van der Waals surface area (Å²) in [7, 11) is 0. The molecule has 130 valence electrons. The molecule has 1 aromatic carbocycles. The summed E-state index contributed by atoms with van der Waals surface area (Å²) in [6.45, 7) is 1.88. The van der Waals surface area contributed by atoms with Crippen LogP contribution in [0.15, 0.2) is 29.4 Å². The number of benzene rings is 1. The van der Waals surface area contributed by atoms with E-state index in [0.717, 1.165) is 12.0 Å². The van der Waals surface area contributed by atoms with Crippen molar-refractivity contribution in [2.24, 2.45) is 11.0 Å². The van der Waals surface area contributed by atoms with Crippen molar-refractivity contribution in [1.29, 1.82) is 0 Å². The summed E-state index contributed by atoms with van der Waals surface area (Å²) >= 11 is 0. The highest BCUT2D eigenvalue weighted by Gasteiger charge is 2.68. The van der Waals surface area contributed by atoms with Crippen molar-refractivity contribution in [2.45, 2.75) is 50.9 Å². The molecule has 0 radical (unpaired) electrons. The number of carbonyl (C=O) groups is 1. The highest BCUT2D eigenvalue weighted by molar-refractivity contribution is 5.93. The van der Waals surface area contributed by atoms with E-state index in [1.54, 1.807) is 24.3 Å². The van der Waals surface area contributed by atoms with Crippen LogP contribution in [0.3, 0.4) is 0 Å². The molecular weight excluding hydrogens is 321 g/mol. The predicted octanol–water partition coefficient (Wildman–Crippen LogP) is 3.18. The minimum absolute atomic E-state index is 0.184. The van der Waals surface area contributed by atoms with Gasteiger partial charge in [-0.3, -0.25) is 4.79 Å². The minimum atomic E-state index is -4.96. The molecule has 0 aromatic heterocycles. The molecule has 1 saturated carbocycles. The number of nitrogens with zero attached hydrogens (tertiary/aromatic N) is 2. The van der Waals surface area contributed by atoms with Crippen LogP contribution in [-0.4, -0.2) is 33.6 Å². The summed E-state index contributed by atoms with van der Waals surface area (Å²) in [4.78, 5) is 12.5. The van der Waals surface area contributed by atoms with Gasteiger partial charge < -0.3 is 5.11 Å². The molecule has 0 bridgehead atoms. The van der Waals surface area contributed by atoms with E-state index >= 15 is 0 Å². The molecule has 1 aliphatic carbocycles. The fourth-order valence-corrected chi connectivity index (χ4v) is 3.42. The SMILES string of the molecule is Cc1ccc(CC(=O)N2N=C3CCCC[C@H]3[C@@]2(O)C(F)(F)F)cc1. The largest absolute Gasteiger partial charge is 0.439 e. The number of hydrogen-bond donors (Lipinski definition) is 1. The van der Waals surface area contributed by atoms with Gasteiger partial charge in [-0.15, -0.1) is 0 Å². The van der Waals surface area contributed by atoms with Crippen molar-refractivity contribution < 1.29 is 23.1 Å². The Bertz CT molecular complexity index is 669. The first-order valence-corrected chi connectivity index (χ1v) is 7.98.